The smallest absolute Gasteiger partial charge is 0.245 e. The van der Waals surface area contributed by atoms with Gasteiger partial charge < -0.3 is 10.1 Å². The molecule has 1 amide bonds. The van der Waals surface area contributed by atoms with Crippen molar-refractivity contribution in [3.8, 4) is 22.3 Å². The molecule has 26 heavy (non-hydrogen) atoms. The number of ketones is 1. The van der Waals surface area contributed by atoms with Crippen molar-refractivity contribution in [2.45, 2.75) is 38.3 Å². The molecule has 1 atom stereocenters. The Morgan fingerprint density at radius 1 is 1.27 bits per heavy atom. The van der Waals surface area contributed by atoms with Crippen LogP contribution in [0.15, 0.2) is 30.3 Å². The number of ether oxygens (including phenoxy) is 1. The van der Waals surface area contributed by atoms with E-state index in [4.69, 9.17) is 4.74 Å². The molecule has 6 heteroatoms. The van der Waals surface area contributed by atoms with Crippen molar-refractivity contribution in [3.05, 3.63) is 40.8 Å². The van der Waals surface area contributed by atoms with Gasteiger partial charge in [-0.2, -0.15) is 5.26 Å². The van der Waals surface area contributed by atoms with Gasteiger partial charge in [0, 0.05) is 22.0 Å². The Bertz CT molecular complexity index is 906. The van der Waals surface area contributed by atoms with Crippen LogP contribution in [0.1, 0.15) is 40.9 Å². The fraction of sp³-hybridized carbons (Fsp3) is 0.350. The molecule has 1 aromatic heterocycles. The molecular weight excluding hydrogens is 348 g/mol. The number of carbonyl (C=O) groups is 2. The number of nitriles is 1. The molecule has 1 aromatic carbocycles. The molecule has 132 valence electrons. The summed E-state index contributed by atoms with van der Waals surface area (Å²) in [5.74, 6) is -1.42. The summed E-state index contributed by atoms with van der Waals surface area (Å²) < 4.78 is 5.72. The van der Waals surface area contributed by atoms with Crippen molar-refractivity contribution in [2.75, 3.05) is 0 Å². The molecule has 0 radical (unpaired) electrons. The Kier molecular flexibility index (Phi) is 4.48. The topological polar surface area (TPSA) is 79.2 Å². The second-order valence-electron chi connectivity index (χ2n) is 6.67. The molecule has 2 aliphatic rings. The Hall–Kier alpha value is -2.65. The Balaban J connectivity index is 1.58. The van der Waals surface area contributed by atoms with E-state index in [0.29, 0.717) is 11.5 Å². The van der Waals surface area contributed by atoms with Crippen LogP contribution in [0.2, 0.25) is 0 Å². The van der Waals surface area contributed by atoms with Crippen LogP contribution in [0.5, 0.6) is 5.75 Å². The van der Waals surface area contributed by atoms with Gasteiger partial charge in [0.15, 0.2) is 11.7 Å². The molecule has 0 spiro atoms. The van der Waals surface area contributed by atoms with Gasteiger partial charge >= 0.3 is 0 Å². The summed E-state index contributed by atoms with van der Waals surface area (Å²) in [5, 5.41) is 12.3. The number of hydrogen-bond acceptors (Lipinski definition) is 5. The summed E-state index contributed by atoms with van der Waals surface area (Å²) in [5.41, 5.74) is 1.87. The number of Topliss-reactive ketones (excluding diaryl/α,β-unsaturated/α-hetero) is 1. The number of amides is 1. The summed E-state index contributed by atoms with van der Waals surface area (Å²) in [7, 11) is 0. The van der Waals surface area contributed by atoms with Gasteiger partial charge in [-0.1, -0.05) is 25.0 Å². The van der Waals surface area contributed by atoms with Crippen LogP contribution in [0.4, 0.5) is 0 Å². The molecule has 1 aliphatic heterocycles. The van der Waals surface area contributed by atoms with Gasteiger partial charge in [-0.3, -0.25) is 9.59 Å². The predicted octanol–water partition coefficient (Wildman–Crippen LogP) is 3.69. The number of fused-ring (bicyclic) bond motifs is 3. The van der Waals surface area contributed by atoms with Crippen LogP contribution in [0.25, 0.3) is 10.4 Å². The number of carbonyl (C=O) groups excluding carboxylic acids is 2. The first-order valence-electron chi connectivity index (χ1n) is 8.76. The number of para-hydroxylation sites is 1. The third-order valence-electron chi connectivity index (χ3n) is 4.92. The lowest BCUT2D eigenvalue weighted by Gasteiger charge is -2.16. The number of nitrogens with one attached hydrogen (secondary N) is 1. The van der Waals surface area contributed by atoms with Gasteiger partial charge in [-0.15, -0.1) is 11.3 Å². The van der Waals surface area contributed by atoms with Crippen LogP contribution in [-0.2, 0) is 11.4 Å². The van der Waals surface area contributed by atoms with Crippen LogP contribution >= 0.6 is 11.3 Å². The maximum Gasteiger partial charge on any atom is 0.245 e. The first-order chi connectivity index (χ1) is 12.7. The number of rotatable bonds is 4. The Morgan fingerprint density at radius 3 is 2.81 bits per heavy atom. The number of benzene rings is 1. The third-order valence-corrected chi connectivity index (χ3v) is 6.15. The summed E-state index contributed by atoms with van der Waals surface area (Å²) in [6, 6.07) is 11.4. The van der Waals surface area contributed by atoms with Gasteiger partial charge in [0.2, 0.25) is 5.91 Å². The Morgan fingerprint density at radius 2 is 2.04 bits per heavy atom. The van der Waals surface area contributed by atoms with E-state index in [1.165, 1.54) is 11.3 Å². The zero-order valence-electron chi connectivity index (χ0n) is 14.2. The first kappa shape index (κ1) is 16.8. The third kappa shape index (κ3) is 2.99. The van der Waals surface area contributed by atoms with Gasteiger partial charge in [0.25, 0.3) is 0 Å². The molecule has 1 N–H and O–H groups in total. The zero-order chi connectivity index (χ0) is 18.1. The summed E-state index contributed by atoms with van der Waals surface area (Å²) >= 11 is 1.33. The molecule has 1 fully saturated rings. The first-order valence-corrected chi connectivity index (χ1v) is 9.58. The molecule has 1 aliphatic carbocycles. The van der Waals surface area contributed by atoms with Gasteiger partial charge in [0.1, 0.15) is 12.4 Å². The molecule has 1 saturated carbocycles. The summed E-state index contributed by atoms with van der Waals surface area (Å²) in [4.78, 5) is 26.6. The van der Waals surface area contributed by atoms with Crippen molar-refractivity contribution in [3.63, 3.8) is 0 Å². The van der Waals surface area contributed by atoms with E-state index < -0.39 is 17.6 Å². The molecule has 5 nitrogen and oxygen atoms in total. The number of nitrogens with zero attached hydrogens (tertiary/aromatic N) is 1. The fourth-order valence-electron chi connectivity index (χ4n) is 3.55. The standard InChI is InChI=1S/C20H18N2O3S/c21-10-15(20(24)22-13-5-1-2-6-13)18(23)17-9-12-11-25-16-8-4-3-7-14(16)19(12)26-17/h3-4,7-9,13,15H,1-2,5-6,11H2,(H,22,24)/t15-/m0/s1. The van der Waals surface area contributed by atoms with Crippen molar-refractivity contribution in [2.24, 2.45) is 5.92 Å². The average molecular weight is 366 g/mol. The summed E-state index contributed by atoms with van der Waals surface area (Å²) in [6.45, 7) is 0.390. The monoisotopic (exact) mass is 366 g/mol. The molecule has 0 bridgehead atoms. The van der Waals surface area contributed by atoms with E-state index in [9.17, 15) is 14.9 Å². The Labute approximate surface area is 155 Å². The number of thiophene rings is 1. The van der Waals surface area contributed by atoms with E-state index in [-0.39, 0.29) is 6.04 Å². The molecule has 2 aromatic rings. The lowest BCUT2D eigenvalue weighted by atomic mass is 10.0. The zero-order valence-corrected chi connectivity index (χ0v) is 15.0. The van der Waals surface area contributed by atoms with Crippen LogP contribution in [-0.4, -0.2) is 17.7 Å². The maximum absolute atomic E-state index is 12.8. The molecule has 0 unspecified atom stereocenters. The average Bonchev–Trinajstić information content (AvgIpc) is 3.31. The summed E-state index contributed by atoms with van der Waals surface area (Å²) in [6.07, 6.45) is 3.99. The van der Waals surface area contributed by atoms with E-state index in [1.807, 2.05) is 30.3 Å². The van der Waals surface area contributed by atoms with Crippen molar-refractivity contribution in [1.29, 1.82) is 5.26 Å². The maximum atomic E-state index is 12.8. The van der Waals surface area contributed by atoms with Gasteiger partial charge in [-0.05, 0) is 31.0 Å². The normalized spacial score (nSPS) is 16.7. The predicted molar refractivity (Wildman–Crippen MR) is 97.9 cm³/mol. The van der Waals surface area contributed by atoms with E-state index in [2.05, 4.69) is 5.32 Å². The van der Waals surface area contributed by atoms with Crippen molar-refractivity contribution >= 4 is 23.0 Å². The van der Waals surface area contributed by atoms with E-state index in [1.54, 1.807) is 6.07 Å². The molecule has 0 saturated heterocycles. The second kappa shape index (κ2) is 6.93. The highest BCUT2D eigenvalue weighted by atomic mass is 32.1. The van der Waals surface area contributed by atoms with Crippen molar-refractivity contribution < 1.29 is 14.3 Å². The van der Waals surface area contributed by atoms with Crippen molar-refractivity contribution in [1.82, 2.24) is 5.32 Å². The number of hydrogen-bond donors (Lipinski definition) is 1. The molecular formula is C20H18N2O3S. The molecule has 2 heterocycles. The minimum atomic E-state index is -1.30. The van der Waals surface area contributed by atoms with Crippen LogP contribution in [0, 0.1) is 17.2 Å². The highest BCUT2D eigenvalue weighted by molar-refractivity contribution is 7.17. The lowest BCUT2D eigenvalue weighted by molar-refractivity contribution is -0.122. The van der Waals surface area contributed by atoms with E-state index in [0.717, 1.165) is 47.4 Å². The van der Waals surface area contributed by atoms with Gasteiger partial charge in [0.05, 0.1) is 10.9 Å². The highest BCUT2D eigenvalue weighted by Crippen LogP contribution is 2.42. The highest BCUT2D eigenvalue weighted by Gasteiger charge is 2.32. The van der Waals surface area contributed by atoms with Crippen LogP contribution in [0.3, 0.4) is 0 Å². The quantitative estimate of drug-likeness (QED) is 0.661. The minimum Gasteiger partial charge on any atom is -0.488 e. The molecule has 4 rings (SSSR count). The minimum absolute atomic E-state index is 0.0861. The lowest BCUT2D eigenvalue weighted by Crippen LogP contribution is -2.39. The van der Waals surface area contributed by atoms with Crippen LogP contribution < -0.4 is 10.1 Å². The fourth-order valence-corrected chi connectivity index (χ4v) is 4.72. The van der Waals surface area contributed by atoms with Gasteiger partial charge in [-0.25, -0.2) is 0 Å². The SMILES string of the molecule is N#C[C@H](C(=O)NC1CCCC1)C(=O)c1cc2c(s1)-c1ccccc1OC2. The second-order valence-corrected chi connectivity index (χ2v) is 7.72. The largest absolute Gasteiger partial charge is 0.488 e. The van der Waals surface area contributed by atoms with E-state index >= 15 is 0 Å².